The number of nitrogens with one attached hydrogen (secondary N) is 1. The lowest BCUT2D eigenvalue weighted by Crippen LogP contribution is -2.37. The SMILES string of the molecule is CNC1CCCN(C(=O)C2CCCCC2)c2ccccc21. The van der Waals surface area contributed by atoms with Gasteiger partial charge in [-0.05, 0) is 44.4 Å². The third kappa shape index (κ3) is 2.98. The summed E-state index contributed by atoms with van der Waals surface area (Å²) in [5.74, 6) is 0.608. The Balaban J connectivity index is 1.89. The number of amides is 1. The van der Waals surface area contributed by atoms with Crippen LogP contribution in [0.15, 0.2) is 24.3 Å². The molecule has 3 heteroatoms. The molecular weight excluding hydrogens is 260 g/mol. The van der Waals surface area contributed by atoms with Crippen molar-refractivity contribution in [3.05, 3.63) is 29.8 Å². The molecule has 1 N–H and O–H groups in total. The van der Waals surface area contributed by atoms with Gasteiger partial charge in [-0.1, -0.05) is 37.5 Å². The third-order valence-electron chi connectivity index (χ3n) is 5.05. The van der Waals surface area contributed by atoms with Crippen LogP contribution in [0.3, 0.4) is 0 Å². The number of para-hydroxylation sites is 1. The zero-order valence-corrected chi connectivity index (χ0v) is 13.0. The number of rotatable bonds is 2. The minimum absolute atomic E-state index is 0.248. The molecule has 3 rings (SSSR count). The fourth-order valence-electron chi connectivity index (χ4n) is 3.86. The van der Waals surface area contributed by atoms with Crippen molar-refractivity contribution >= 4 is 11.6 Å². The average molecular weight is 286 g/mol. The van der Waals surface area contributed by atoms with Gasteiger partial charge >= 0.3 is 0 Å². The lowest BCUT2D eigenvalue weighted by molar-refractivity contribution is -0.123. The van der Waals surface area contributed by atoms with Gasteiger partial charge in [-0.15, -0.1) is 0 Å². The highest BCUT2D eigenvalue weighted by atomic mass is 16.2. The van der Waals surface area contributed by atoms with E-state index in [4.69, 9.17) is 0 Å². The molecule has 0 bridgehead atoms. The summed E-state index contributed by atoms with van der Waals surface area (Å²) in [6.07, 6.45) is 8.04. The first-order valence-corrected chi connectivity index (χ1v) is 8.39. The lowest BCUT2D eigenvalue weighted by Gasteiger charge is -2.30. The summed E-state index contributed by atoms with van der Waals surface area (Å²) in [4.78, 5) is 15.0. The van der Waals surface area contributed by atoms with Crippen molar-refractivity contribution < 1.29 is 4.79 Å². The first-order chi connectivity index (χ1) is 10.3. The number of carbonyl (C=O) groups is 1. The summed E-state index contributed by atoms with van der Waals surface area (Å²) < 4.78 is 0. The number of nitrogens with zero attached hydrogens (tertiary/aromatic N) is 1. The van der Waals surface area contributed by atoms with Gasteiger partial charge in [0.1, 0.15) is 0 Å². The van der Waals surface area contributed by atoms with Gasteiger partial charge in [0.2, 0.25) is 5.91 Å². The van der Waals surface area contributed by atoms with E-state index < -0.39 is 0 Å². The first kappa shape index (κ1) is 14.6. The van der Waals surface area contributed by atoms with E-state index in [2.05, 4.69) is 34.5 Å². The van der Waals surface area contributed by atoms with E-state index in [0.29, 0.717) is 11.9 Å². The minimum atomic E-state index is 0.248. The van der Waals surface area contributed by atoms with Crippen LogP contribution in [0.1, 0.15) is 56.6 Å². The van der Waals surface area contributed by atoms with Crippen LogP contribution in [-0.4, -0.2) is 19.5 Å². The van der Waals surface area contributed by atoms with Crippen LogP contribution in [0.5, 0.6) is 0 Å². The standard InChI is InChI=1S/C18H26N2O/c1-19-16-11-7-13-20(17-12-6-5-10-15(16)17)18(21)14-8-3-2-4-9-14/h5-6,10,12,14,16,19H,2-4,7-9,11,13H2,1H3. The second kappa shape index (κ2) is 6.61. The summed E-state index contributed by atoms with van der Waals surface area (Å²) in [6.45, 7) is 0.866. The van der Waals surface area contributed by atoms with Crippen LogP contribution in [0.2, 0.25) is 0 Å². The predicted octanol–water partition coefficient (Wildman–Crippen LogP) is 3.65. The predicted molar refractivity (Wildman–Crippen MR) is 86.4 cm³/mol. The summed E-state index contributed by atoms with van der Waals surface area (Å²) in [6, 6.07) is 8.79. The Morgan fingerprint density at radius 3 is 2.62 bits per heavy atom. The van der Waals surface area contributed by atoms with Crippen LogP contribution in [0, 0.1) is 5.92 Å². The number of carbonyl (C=O) groups excluding carboxylic acids is 1. The summed E-state index contributed by atoms with van der Waals surface area (Å²) in [5, 5.41) is 3.40. The van der Waals surface area contributed by atoms with E-state index in [1.165, 1.54) is 24.8 Å². The number of benzene rings is 1. The zero-order chi connectivity index (χ0) is 14.7. The van der Waals surface area contributed by atoms with Gasteiger partial charge in [-0.2, -0.15) is 0 Å². The minimum Gasteiger partial charge on any atom is -0.313 e. The first-order valence-electron chi connectivity index (χ1n) is 8.39. The van der Waals surface area contributed by atoms with E-state index in [9.17, 15) is 4.79 Å². The molecule has 0 saturated heterocycles. The molecule has 1 aliphatic carbocycles. The van der Waals surface area contributed by atoms with Crippen molar-refractivity contribution in [2.75, 3.05) is 18.5 Å². The molecule has 0 aromatic heterocycles. The molecule has 21 heavy (non-hydrogen) atoms. The Morgan fingerprint density at radius 1 is 1.10 bits per heavy atom. The molecule has 1 heterocycles. The summed E-state index contributed by atoms with van der Waals surface area (Å²) in [5.41, 5.74) is 2.41. The van der Waals surface area contributed by atoms with Gasteiger partial charge in [0.25, 0.3) is 0 Å². The molecule has 1 saturated carbocycles. The van der Waals surface area contributed by atoms with Crippen molar-refractivity contribution in [3.8, 4) is 0 Å². The van der Waals surface area contributed by atoms with Crippen molar-refractivity contribution in [2.24, 2.45) is 5.92 Å². The van der Waals surface area contributed by atoms with Crippen LogP contribution < -0.4 is 10.2 Å². The summed E-state index contributed by atoms with van der Waals surface area (Å²) in [7, 11) is 2.01. The number of hydrogen-bond acceptors (Lipinski definition) is 2. The maximum atomic E-state index is 13.0. The molecule has 2 aliphatic rings. The van der Waals surface area contributed by atoms with E-state index in [0.717, 1.165) is 37.9 Å². The monoisotopic (exact) mass is 286 g/mol. The molecule has 1 fully saturated rings. The highest BCUT2D eigenvalue weighted by molar-refractivity contribution is 5.96. The lowest BCUT2D eigenvalue weighted by atomic mass is 9.88. The van der Waals surface area contributed by atoms with E-state index in [1.807, 2.05) is 7.05 Å². The van der Waals surface area contributed by atoms with Gasteiger partial charge < -0.3 is 10.2 Å². The van der Waals surface area contributed by atoms with Gasteiger partial charge in [-0.25, -0.2) is 0 Å². The Bertz CT molecular complexity index is 494. The Kier molecular flexibility index (Phi) is 4.59. The molecule has 1 aromatic rings. The molecular formula is C18H26N2O. The molecule has 3 nitrogen and oxygen atoms in total. The molecule has 1 unspecified atom stereocenters. The van der Waals surface area contributed by atoms with Crippen molar-refractivity contribution in [1.29, 1.82) is 0 Å². The fraction of sp³-hybridized carbons (Fsp3) is 0.611. The molecule has 0 spiro atoms. The normalized spacial score (nSPS) is 23.5. The molecule has 114 valence electrons. The van der Waals surface area contributed by atoms with Gasteiger partial charge in [0.05, 0.1) is 0 Å². The van der Waals surface area contributed by atoms with Crippen LogP contribution in [0.25, 0.3) is 0 Å². The number of hydrogen-bond donors (Lipinski definition) is 1. The van der Waals surface area contributed by atoms with Gasteiger partial charge in [0, 0.05) is 24.2 Å². The van der Waals surface area contributed by atoms with Gasteiger partial charge in [-0.3, -0.25) is 4.79 Å². The molecule has 1 aromatic carbocycles. The Labute approximate surface area is 127 Å². The Morgan fingerprint density at radius 2 is 1.86 bits per heavy atom. The topological polar surface area (TPSA) is 32.3 Å². The largest absolute Gasteiger partial charge is 0.313 e. The van der Waals surface area contributed by atoms with Gasteiger partial charge in [0.15, 0.2) is 0 Å². The van der Waals surface area contributed by atoms with Crippen molar-refractivity contribution in [1.82, 2.24) is 5.32 Å². The second-order valence-corrected chi connectivity index (χ2v) is 6.37. The summed E-state index contributed by atoms with van der Waals surface area (Å²) >= 11 is 0. The third-order valence-corrected chi connectivity index (χ3v) is 5.05. The number of fused-ring (bicyclic) bond motifs is 1. The fourth-order valence-corrected chi connectivity index (χ4v) is 3.86. The molecule has 1 aliphatic heterocycles. The number of anilines is 1. The smallest absolute Gasteiger partial charge is 0.230 e. The van der Waals surface area contributed by atoms with E-state index in [-0.39, 0.29) is 5.92 Å². The quantitative estimate of drug-likeness (QED) is 0.900. The van der Waals surface area contributed by atoms with Crippen LogP contribution >= 0.6 is 0 Å². The Hall–Kier alpha value is -1.35. The van der Waals surface area contributed by atoms with Crippen molar-refractivity contribution in [2.45, 2.75) is 51.0 Å². The maximum absolute atomic E-state index is 13.0. The average Bonchev–Trinajstić information content (AvgIpc) is 2.74. The van der Waals surface area contributed by atoms with Crippen LogP contribution in [0.4, 0.5) is 5.69 Å². The second-order valence-electron chi connectivity index (χ2n) is 6.37. The zero-order valence-electron chi connectivity index (χ0n) is 13.0. The maximum Gasteiger partial charge on any atom is 0.230 e. The molecule has 1 amide bonds. The van der Waals surface area contributed by atoms with E-state index in [1.54, 1.807) is 0 Å². The highest BCUT2D eigenvalue weighted by Crippen LogP contribution is 2.35. The van der Waals surface area contributed by atoms with E-state index >= 15 is 0 Å². The van der Waals surface area contributed by atoms with Crippen LogP contribution in [-0.2, 0) is 4.79 Å². The molecule has 0 radical (unpaired) electrons. The molecule has 1 atom stereocenters. The van der Waals surface area contributed by atoms with Crippen molar-refractivity contribution in [3.63, 3.8) is 0 Å². The highest BCUT2D eigenvalue weighted by Gasteiger charge is 2.30.